The molecule has 0 atom stereocenters. The van der Waals surface area contributed by atoms with E-state index in [9.17, 15) is 14.4 Å². The topological polar surface area (TPSA) is 70.2 Å². The van der Waals surface area contributed by atoms with Crippen molar-refractivity contribution >= 4 is 17.8 Å². The van der Waals surface area contributed by atoms with Crippen LogP contribution in [0.15, 0.2) is 30.3 Å². The highest BCUT2D eigenvalue weighted by Gasteiger charge is 2.57. The number of para-hydroxylation sites is 1. The molecule has 152 valence electrons. The first kappa shape index (κ1) is 20.2. The molecule has 0 aromatic heterocycles. The number of imide groups is 1. The summed E-state index contributed by atoms with van der Waals surface area (Å²) in [7, 11) is 0. The molecule has 2 heterocycles. The normalized spacial score (nSPS) is 19.1. The van der Waals surface area contributed by atoms with E-state index in [1.807, 2.05) is 44.2 Å². The van der Waals surface area contributed by atoms with E-state index in [-0.39, 0.29) is 36.9 Å². The highest BCUT2D eigenvalue weighted by molar-refractivity contribution is 6.07. The van der Waals surface area contributed by atoms with Crippen molar-refractivity contribution in [1.29, 1.82) is 0 Å². The number of nitrogens with zero attached hydrogens (tertiary/aromatic N) is 3. The molecule has 4 amide bonds. The summed E-state index contributed by atoms with van der Waals surface area (Å²) < 4.78 is 5.69. The molecule has 7 heteroatoms. The first-order valence-electron chi connectivity index (χ1n) is 9.92. The van der Waals surface area contributed by atoms with Crippen molar-refractivity contribution in [2.75, 3.05) is 32.8 Å². The van der Waals surface area contributed by atoms with Crippen LogP contribution in [0, 0.1) is 5.92 Å². The minimum absolute atomic E-state index is 0.00940. The maximum atomic E-state index is 13.3. The van der Waals surface area contributed by atoms with Crippen molar-refractivity contribution in [3.8, 4) is 5.75 Å². The van der Waals surface area contributed by atoms with Crippen LogP contribution in [0.25, 0.3) is 0 Å². The summed E-state index contributed by atoms with van der Waals surface area (Å²) in [6, 6.07) is 9.11. The molecule has 0 N–H and O–H groups in total. The molecule has 2 fully saturated rings. The van der Waals surface area contributed by atoms with E-state index in [0.717, 1.165) is 0 Å². The molecule has 28 heavy (non-hydrogen) atoms. The number of amides is 4. The number of hydrogen-bond donors (Lipinski definition) is 0. The number of benzene rings is 1. The molecular formula is C21H29N3O4. The maximum Gasteiger partial charge on any atom is 0.327 e. The number of likely N-dealkylation sites (tertiary alicyclic amines) is 1. The Morgan fingerprint density at radius 3 is 2.36 bits per heavy atom. The van der Waals surface area contributed by atoms with Gasteiger partial charge in [0.05, 0.1) is 6.54 Å². The van der Waals surface area contributed by atoms with Crippen LogP contribution in [-0.4, -0.2) is 70.9 Å². The van der Waals surface area contributed by atoms with E-state index in [1.165, 1.54) is 4.90 Å². The Morgan fingerprint density at radius 1 is 1.14 bits per heavy atom. The molecule has 0 radical (unpaired) electrons. The van der Waals surface area contributed by atoms with Crippen LogP contribution < -0.4 is 4.74 Å². The molecule has 1 aromatic carbocycles. The Hall–Kier alpha value is -2.57. The second kappa shape index (κ2) is 8.20. The summed E-state index contributed by atoms with van der Waals surface area (Å²) in [4.78, 5) is 42.9. The van der Waals surface area contributed by atoms with Crippen molar-refractivity contribution in [3.63, 3.8) is 0 Å². The fourth-order valence-corrected chi connectivity index (χ4v) is 4.04. The van der Waals surface area contributed by atoms with Crippen LogP contribution in [0.3, 0.4) is 0 Å². The molecule has 0 saturated carbocycles. The molecule has 2 saturated heterocycles. The Bertz CT molecular complexity index is 726. The van der Waals surface area contributed by atoms with Gasteiger partial charge in [-0.1, -0.05) is 32.0 Å². The molecule has 0 bridgehead atoms. The fourth-order valence-electron chi connectivity index (χ4n) is 4.04. The average Bonchev–Trinajstić information content (AvgIpc) is 2.85. The zero-order valence-corrected chi connectivity index (χ0v) is 16.9. The van der Waals surface area contributed by atoms with Crippen molar-refractivity contribution in [2.45, 2.75) is 39.2 Å². The first-order chi connectivity index (χ1) is 13.3. The highest BCUT2D eigenvalue weighted by atomic mass is 16.5. The van der Waals surface area contributed by atoms with Gasteiger partial charge in [-0.05, 0) is 30.9 Å². The zero-order valence-electron chi connectivity index (χ0n) is 16.9. The lowest BCUT2D eigenvalue weighted by atomic mass is 9.85. The van der Waals surface area contributed by atoms with Crippen LogP contribution in [-0.2, 0) is 9.59 Å². The van der Waals surface area contributed by atoms with Gasteiger partial charge in [0.2, 0.25) is 5.91 Å². The van der Waals surface area contributed by atoms with E-state index in [0.29, 0.717) is 38.2 Å². The van der Waals surface area contributed by atoms with Gasteiger partial charge in [-0.25, -0.2) is 4.79 Å². The third-order valence-electron chi connectivity index (χ3n) is 5.53. The molecule has 3 rings (SSSR count). The quantitative estimate of drug-likeness (QED) is 0.703. The molecule has 0 aliphatic carbocycles. The van der Waals surface area contributed by atoms with E-state index >= 15 is 0 Å². The summed E-state index contributed by atoms with van der Waals surface area (Å²) in [5.74, 6) is 0.818. The van der Waals surface area contributed by atoms with Gasteiger partial charge in [0, 0.05) is 26.6 Å². The van der Waals surface area contributed by atoms with Crippen LogP contribution in [0.5, 0.6) is 5.75 Å². The van der Waals surface area contributed by atoms with Crippen molar-refractivity contribution in [3.05, 3.63) is 30.3 Å². The largest absolute Gasteiger partial charge is 0.492 e. The van der Waals surface area contributed by atoms with Crippen molar-refractivity contribution in [2.24, 2.45) is 5.92 Å². The number of hydrogen-bond acceptors (Lipinski definition) is 4. The van der Waals surface area contributed by atoms with Gasteiger partial charge in [-0.3, -0.25) is 14.5 Å². The predicted molar refractivity (Wildman–Crippen MR) is 105 cm³/mol. The lowest BCUT2D eigenvalue weighted by Gasteiger charge is -2.42. The molecule has 7 nitrogen and oxygen atoms in total. The number of urea groups is 1. The van der Waals surface area contributed by atoms with Gasteiger partial charge < -0.3 is 14.5 Å². The summed E-state index contributed by atoms with van der Waals surface area (Å²) in [5.41, 5.74) is -0.833. The van der Waals surface area contributed by atoms with E-state index < -0.39 is 5.54 Å². The minimum atomic E-state index is -0.833. The fraction of sp³-hybridized carbons (Fsp3) is 0.571. The first-order valence-corrected chi connectivity index (χ1v) is 9.92. The molecule has 1 spiro atoms. The number of piperidine rings is 1. The Morgan fingerprint density at radius 2 is 1.79 bits per heavy atom. The van der Waals surface area contributed by atoms with Crippen molar-refractivity contribution < 1.29 is 19.1 Å². The van der Waals surface area contributed by atoms with E-state index in [1.54, 1.807) is 16.7 Å². The van der Waals surface area contributed by atoms with Gasteiger partial charge in [-0.2, -0.15) is 0 Å². The third kappa shape index (κ3) is 3.84. The van der Waals surface area contributed by atoms with Crippen LogP contribution in [0.1, 0.15) is 33.6 Å². The Kier molecular flexibility index (Phi) is 5.91. The van der Waals surface area contributed by atoms with Gasteiger partial charge >= 0.3 is 6.03 Å². The van der Waals surface area contributed by atoms with Gasteiger partial charge in [0.15, 0.2) is 0 Å². The Labute approximate surface area is 166 Å². The van der Waals surface area contributed by atoms with Gasteiger partial charge in [0.1, 0.15) is 17.9 Å². The second-order valence-corrected chi connectivity index (χ2v) is 7.94. The van der Waals surface area contributed by atoms with E-state index in [2.05, 4.69) is 0 Å². The number of carbonyl (C=O) groups is 3. The van der Waals surface area contributed by atoms with Gasteiger partial charge in [-0.15, -0.1) is 0 Å². The van der Waals surface area contributed by atoms with Crippen molar-refractivity contribution in [1.82, 2.24) is 14.7 Å². The molecule has 2 aliphatic rings. The summed E-state index contributed by atoms with van der Waals surface area (Å²) in [6.07, 6.45) is 0.972. The minimum Gasteiger partial charge on any atom is -0.492 e. The molecule has 2 aliphatic heterocycles. The van der Waals surface area contributed by atoms with E-state index in [4.69, 9.17) is 4.74 Å². The standard InChI is InChI=1S/C21H29N3O4/c1-16(2)15-24-20(27)23(13-14-28-18-7-5-4-6-8-18)19(26)21(24)9-11-22(12-10-21)17(3)25/h4-8,16H,9-15H2,1-3H3. The Balaban J connectivity index is 1.73. The number of ether oxygens (including phenoxy) is 1. The lowest BCUT2D eigenvalue weighted by Crippen LogP contribution is -2.57. The monoisotopic (exact) mass is 387 g/mol. The maximum absolute atomic E-state index is 13.3. The summed E-state index contributed by atoms with van der Waals surface area (Å²) in [6.45, 7) is 7.62. The zero-order chi connectivity index (χ0) is 20.3. The lowest BCUT2D eigenvalue weighted by molar-refractivity contribution is -0.140. The molecular weight excluding hydrogens is 358 g/mol. The van der Waals surface area contributed by atoms with Crippen LogP contribution in [0.2, 0.25) is 0 Å². The molecule has 1 aromatic rings. The highest BCUT2D eigenvalue weighted by Crippen LogP contribution is 2.37. The van der Waals surface area contributed by atoms with Gasteiger partial charge in [0.25, 0.3) is 5.91 Å². The number of rotatable bonds is 6. The smallest absolute Gasteiger partial charge is 0.327 e. The number of carbonyl (C=O) groups excluding carboxylic acids is 3. The predicted octanol–water partition coefficient (Wildman–Crippen LogP) is 2.37. The van der Waals surface area contributed by atoms with Crippen LogP contribution in [0.4, 0.5) is 4.79 Å². The second-order valence-electron chi connectivity index (χ2n) is 7.94. The molecule has 0 unspecified atom stereocenters. The average molecular weight is 387 g/mol. The SMILES string of the molecule is CC(=O)N1CCC2(CC1)C(=O)N(CCOc1ccccc1)C(=O)N2CC(C)C. The van der Waals surface area contributed by atoms with Crippen LogP contribution >= 0.6 is 0 Å². The summed E-state index contributed by atoms with van der Waals surface area (Å²) >= 11 is 0. The summed E-state index contributed by atoms with van der Waals surface area (Å²) in [5, 5.41) is 0. The third-order valence-corrected chi connectivity index (χ3v) is 5.53.